The number of oxime groups is 1. The van der Waals surface area contributed by atoms with Crippen molar-refractivity contribution in [1.29, 1.82) is 0 Å². The Balaban J connectivity index is 2.75. The van der Waals surface area contributed by atoms with E-state index >= 15 is 0 Å². The Morgan fingerprint density at radius 2 is 1.25 bits per heavy atom. The van der Waals surface area contributed by atoms with E-state index in [2.05, 4.69) is 46.7 Å². The number of rotatable bonds is 2. The SMILES string of the molecule is CC(C)(C)c1cc(/C(=N\O)c2ccccc2)cc(C(C)(C)C)c1O. The molecule has 0 bridgehead atoms. The number of hydrogen-bond acceptors (Lipinski definition) is 3. The maximum atomic E-state index is 10.8. The van der Waals surface area contributed by atoms with Gasteiger partial charge in [-0.1, -0.05) is 77.0 Å². The Bertz CT molecular complexity index is 713. The lowest BCUT2D eigenvalue weighted by atomic mass is 9.77. The van der Waals surface area contributed by atoms with Gasteiger partial charge in [0.1, 0.15) is 11.5 Å². The van der Waals surface area contributed by atoms with Crippen LogP contribution in [-0.2, 0) is 10.8 Å². The van der Waals surface area contributed by atoms with E-state index in [1.165, 1.54) is 0 Å². The zero-order valence-corrected chi connectivity index (χ0v) is 15.4. The number of hydrogen-bond donors (Lipinski definition) is 2. The summed E-state index contributed by atoms with van der Waals surface area (Å²) in [6, 6.07) is 13.4. The molecule has 0 saturated heterocycles. The van der Waals surface area contributed by atoms with Crippen LogP contribution in [-0.4, -0.2) is 16.0 Å². The number of phenols is 1. The van der Waals surface area contributed by atoms with Crippen molar-refractivity contribution in [3.8, 4) is 5.75 Å². The van der Waals surface area contributed by atoms with Gasteiger partial charge < -0.3 is 10.3 Å². The molecule has 0 heterocycles. The average molecular weight is 325 g/mol. The zero-order chi connectivity index (χ0) is 18.1. The summed E-state index contributed by atoms with van der Waals surface area (Å²) in [6.45, 7) is 12.4. The quantitative estimate of drug-likeness (QED) is 0.452. The lowest BCUT2D eigenvalue weighted by Gasteiger charge is -2.28. The molecule has 3 nitrogen and oxygen atoms in total. The maximum Gasteiger partial charge on any atom is 0.123 e. The van der Waals surface area contributed by atoms with Gasteiger partial charge in [0.2, 0.25) is 0 Å². The molecule has 24 heavy (non-hydrogen) atoms. The highest BCUT2D eigenvalue weighted by molar-refractivity contribution is 6.12. The van der Waals surface area contributed by atoms with Crippen LogP contribution in [0.4, 0.5) is 0 Å². The fourth-order valence-corrected chi connectivity index (χ4v) is 2.79. The van der Waals surface area contributed by atoms with Gasteiger partial charge in [0.15, 0.2) is 0 Å². The van der Waals surface area contributed by atoms with E-state index in [1.807, 2.05) is 42.5 Å². The van der Waals surface area contributed by atoms with Crippen molar-refractivity contribution in [2.45, 2.75) is 52.4 Å². The van der Waals surface area contributed by atoms with Crippen LogP contribution in [0.25, 0.3) is 0 Å². The first-order valence-corrected chi connectivity index (χ1v) is 8.21. The van der Waals surface area contributed by atoms with Crippen molar-refractivity contribution in [1.82, 2.24) is 0 Å². The summed E-state index contributed by atoms with van der Waals surface area (Å²) in [5.74, 6) is 0.323. The Kier molecular flexibility index (Phi) is 4.75. The van der Waals surface area contributed by atoms with Crippen molar-refractivity contribution in [2.24, 2.45) is 5.16 Å². The topological polar surface area (TPSA) is 52.8 Å². The second kappa shape index (κ2) is 6.31. The van der Waals surface area contributed by atoms with Gasteiger partial charge in [-0.25, -0.2) is 0 Å². The molecule has 0 amide bonds. The van der Waals surface area contributed by atoms with E-state index in [0.29, 0.717) is 11.5 Å². The molecule has 0 aromatic heterocycles. The van der Waals surface area contributed by atoms with Gasteiger partial charge in [-0.15, -0.1) is 0 Å². The van der Waals surface area contributed by atoms with Gasteiger partial charge in [0, 0.05) is 22.3 Å². The van der Waals surface area contributed by atoms with Crippen LogP contribution in [0, 0.1) is 0 Å². The molecule has 2 aromatic carbocycles. The fourth-order valence-electron chi connectivity index (χ4n) is 2.79. The molecule has 2 aromatic rings. The van der Waals surface area contributed by atoms with Crippen LogP contribution < -0.4 is 0 Å². The third kappa shape index (κ3) is 3.61. The minimum Gasteiger partial charge on any atom is -0.507 e. The number of nitrogens with zero attached hydrogens (tertiary/aromatic N) is 1. The zero-order valence-electron chi connectivity index (χ0n) is 15.4. The van der Waals surface area contributed by atoms with E-state index in [1.54, 1.807) is 0 Å². The molecule has 0 aliphatic heterocycles. The van der Waals surface area contributed by atoms with E-state index in [-0.39, 0.29) is 10.8 Å². The molecule has 0 aliphatic rings. The van der Waals surface area contributed by atoms with E-state index in [0.717, 1.165) is 22.3 Å². The molecular weight excluding hydrogens is 298 g/mol. The molecule has 3 heteroatoms. The first-order chi connectivity index (χ1) is 11.1. The van der Waals surface area contributed by atoms with Crippen molar-refractivity contribution >= 4 is 5.71 Å². The second-order valence-corrected chi connectivity index (χ2v) is 8.23. The molecule has 128 valence electrons. The molecular formula is C21H27NO2. The molecule has 0 unspecified atom stereocenters. The van der Waals surface area contributed by atoms with Crippen LogP contribution in [0.2, 0.25) is 0 Å². The van der Waals surface area contributed by atoms with Gasteiger partial charge in [0.25, 0.3) is 0 Å². The number of phenolic OH excluding ortho intramolecular Hbond substituents is 1. The molecule has 0 radical (unpaired) electrons. The maximum absolute atomic E-state index is 10.8. The van der Waals surface area contributed by atoms with Crippen LogP contribution in [0.5, 0.6) is 5.75 Å². The van der Waals surface area contributed by atoms with Gasteiger partial charge in [0.05, 0.1) is 0 Å². The summed E-state index contributed by atoms with van der Waals surface area (Å²) in [6.07, 6.45) is 0. The van der Waals surface area contributed by atoms with Crippen molar-refractivity contribution in [3.05, 3.63) is 64.7 Å². The van der Waals surface area contributed by atoms with E-state index < -0.39 is 0 Å². The van der Waals surface area contributed by atoms with Crippen molar-refractivity contribution < 1.29 is 10.3 Å². The first-order valence-electron chi connectivity index (χ1n) is 8.21. The van der Waals surface area contributed by atoms with Crippen LogP contribution in [0.1, 0.15) is 63.8 Å². The highest BCUT2D eigenvalue weighted by Gasteiger charge is 2.27. The summed E-state index contributed by atoms with van der Waals surface area (Å²) < 4.78 is 0. The summed E-state index contributed by atoms with van der Waals surface area (Å²) in [5.41, 5.74) is 3.40. The molecule has 2 rings (SSSR count). The molecule has 0 saturated carbocycles. The van der Waals surface area contributed by atoms with Crippen molar-refractivity contribution in [3.63, 3.8) is 0 Å². The highest BCUT2D eigenvalue weighted by Crippen LogP contribution is 2.40. The minimum absolute atomic E-state index is 0.225. The van der Waals surface area contributed by atoms with E-state index in [9.17, 15) is 10.3 Å². The number of aromatic hydroxyl groups is 1. The Labute approximate surface area is 144 Å². The minimum atomic E-state index is -0.225. The van der Waals surface area contributed by atoms with Gasteiger partial charge in [-0.05, 0) is 23.0 Å². The molecule has 2 N–H and O–H groups in total. The highest BCUT2D eigenvalue weighted by atomic mass is 16.4. The molecule has 0 aliphatic carbocycles. The normalized spacial score (nSPS) is 13.2. The lowest BCUT2D eigenvalue weighted by Crippen LogP contribution is -2.19. The third-order valence-corrected chi connectivity index (χ3v) is 4.15. The average Bonchev–Trinajstić information content (AvgIpc) is 2.48. The fraction of sp³-hybridized carbons (Fsp3) is 0.381. The summed E-state index contributed by atoms with van der Waals surface area (Å²) in [7, 11) is 0. The monoisotopic (exact) mass is 325 g/mol. The van der Waals surface area contributed by atoms with Gasteiger partial charge >= 0.3 is 0 Å². The van der Waals surface area contributed by atoms with E-state index in [4.69, 9.17) is 0 Å². The van der Waals surface area contributed by atoms with Crippen LogP contribution in [0.3, 0.4) is 0 Å². The summed E-state index contributed by atoms with van der Waals surface area (Å²) in [4.78, 5) is 0. The Morgan fingerprint density at radius 3 is 1.62 bits per heavy atom. The molecule has 0 fully saturated rings. The standard InChI is InChI=1S/C21H27NO2/c1-20(2,3)16-12-15(13-17(19(16)23)21(4,5)6)18(22-24)14-10-8-7-9-11-14/h7-13,23-24H,1-6H3/b22-18-. The summed E-state index contributed by atoms with van der Waals surface area (Å²) in [5, 5.41) is 24.0. The van der Waals surface area contributed by atoms with Crippen LogP contribution >= 0.6 is 0 Å². The second-order valence-electron chi connectivity index (χ2n) is 8.23. The van der Waals surface area contributed by atoms with Crippen molar-refractivity contribution in [2.75, 3.05) is 0 Å². The van der Waals surface area contributed by atoms with Gasteiger partial charge in [-0.2, -0.15) is 0 Å². The molecule has 0 atom stereocenters. The van der Waals surface area contributed by atoms with Crippen LogP contribution in [0.15, 0.2) is 47.6 Å². The Hall–Kier alpha value is -2.29. The first kappa shape index (κ1) is 18.1. The predicted molar refractivity (Wildman–Crippen MR) is 99.4 cm³/mol. The predicted octanol–water partition coefficient (Wildman–Crippen LogP) is 5.21. The summed E-state index contributed by atoms with van der Waals surface area (Å²) >= 11 is 0. The number of benzene rings is 2. The molecule has 0 spiro atoms. The smallest absolute Gasteiger partial charge is 0.123 e. The largest absolute Gasteiger partial charge is 0.507 e. The third-order valence-electron chi connectivity index (χ3n) is 4.15. The Morgan fingerprint density at radius 1 is 0.792 bits per heavy atom. The van der Waals surface area contributed by atoms with Gasteiger partial charge in [-0.3, -0.25) is 0 Å². The lowest BCUT2D eigenvalue weighted by molar-refractivity contribution is 0.319.